The predicted molar refractivity (Wildman–Crippen MR) is 114 cm³/mol. The number of nitrogens with zero attached hydrogens (tertiary/aromatic N) is 5. The number of alkyl halides is 2. The van der Waals surface area contributed by atoms with Crippen LogP contribution in [-0.2, 0) is 6.61 Å². The summed E-state index contributed by atoms with van der Waals surface area (Å²) < 4.78 is 32.5. The van der Waals surface area contributed by atoms with Gasteiger partial charge >= 0.3 is 6.61 Å². The zero-order chi connectivity index (χ0) is 22.7. The summed E-state index contributed by atoms with van der Waals surface area (Å²) in [7, 11) is 0. The second-order valence-corrected chi connectivity index (χ2v) is 7.21. The van der Waals surface area contributed by atoms with E-state index in [-0.39, 0.29) is 18.4 Å². The molecular formula is C22H22F2N6O2. The molecule has 0 aliphatic carbocycles. The van der Waals surface area contributed by atoms with Crippen LogP contribution in [0.5, 0.6) is 5.75 Å². The third-order valence-electron chi connectivity index (χ3n) is 4.96. The number of aromatic nitrogens is 5. The Bertz CT molecular complexity index is 1230. The molecule has 3 heterocycles. The van der Waals surface area contributed by atoms with Crippen molar-refractivity contribution in [3.05, 3.63) is 60.3 Å². The lowest BCUT2D eigenvalue weighted by molar-refractivity contribution is -0.0487. The van der Waals surface area contributed by atoms with Gasteiger partial charge in [-0.25, -0.2) is 9.67 Å². The Balaban J connectivity index is 1.87. The Kier molecular flexibility index (Phi) is 6.33. The van der Waals surface area contributed by atoms with Gasteiger partial charge in [0.15, 0.2) is 5.82 Å². The van der Waals surface area contributed by atoms with Gasteiger partial charge in [0.05, 0.1) is 53.2 Å². The average molecular weight is 440 g/mol. The molecule has 8 nitrogen and oxygen atoms in total. The summed E-state index contributed by atoms with van der Waals surface area (Å²) in [6, 6.07) is 8.52. The molecule has 3 aromatic heterocycles. The summed E-state index contributed by atoms with van der Waals surface area (Å²) in [6.45, 7) is -1.26. The van der Waals surface area contributed by atoms with Crippen LogP contribution >= 0.6 is 0 Å². The molecule has 10 heteroatoms. The summed E-state index contributed by atoms with van der Waals surface area (Å²) in [5.74, 6) is 0.299. The first-order valence-corrected chi connectivity index (χ1v) is 10.1. The van der Waals surface area contributed by atoms with E-state index in [1.54, 1.807) is 12.1 Å². The summed E-state index contributed by atoms with van der Waals surface area (Å²) in [6.07, 6.45) is 6.01. The van der Waals surface area contributed by atoms with Gasteiger partial charge in [-0.15, -0.1) is 0 Å². The van der Waals surface area contributed by atoms with Crippen LogP contribution < -0.4 is 10.5 Å². The van der Waals surface area contributed by atoms with Crippen LogP contribution in [0.2, 0.25) is 0 Å². The number of fused-ring (bicyclic) bond motifs is 1. The Labute approximate surface area is 182 Å². The number of rotatable bonds is 8. The van der Waals surface area contributed by atoms with Gasteiger partial charge in [-0.3, -0.25) is 9.97 Å². The van der Waals surface area contributed by atoms with Crippen molar-refractivity contribution in [1.29, 1.82) is 0 Å². The van der Waals surface area contributed by atoms with Crippen molar-refractivity contribution in [1.82, 2.24) is 24.7 Å². The lowest BCUT2D eigenvalue weighted by Crippen LogP contribution is -2.11. The standard InChI is InChI=1S/C22H22F2N6O2/c1-2-4-16(25)18-6-3-5-17(29-18)13-7-19-15(20(8-13)32-22(23)24)10-27-30(19)21-11-26-9-14(12-31)28-21/h3,5-11,16,22,31H,2,4,12,25H2,1H3/t16-/m0/s1. The van der Waals surface area contributed by atoms with E-state index >= 15 is 0 Å². The number of hydrogen-bond acceptors (Lipinski definition) is 7. The number of ether oxygens (including phenoxy) is 1. The fourth-order valence-electron chi connectivity index (χ4n) is 3.47. The maximum absolute atomic E-state index is 13.1. The first kappa shape index (κ1) is 21.7. The Hall–Kier alpha value is -3.50. The average Bonchev–Trinajstić information content (AvgIpc) is 3.23. The molecular weight excluding hydrogens is 418 g/mol. The van der Waals surface area contributed by atoms with E-state index in [1.165, 1.54) is 29.3 Å². The number of pyridine rings is 1. The topological polar surface area (TPSA) is 112 Å². The Morgan fingerprint density at radius 2 is 2.00 bits per heavy atom. The van der Waals surface area contributed by atoms with Crippen LogP contribution in [0.3, 0.4) is 0 Å². The molecule has 0 fully saturated rings. The summed E-state index contributed by atoms with van der Waals surface area (Å²) >= 11 is 0. The van der Waals surface area contributed by atoms with Crippen molar-refractivity contribution < 1.29 is 18.6 Å². The highest BCUT2D eigenvalue weighted by atomic mass is 19.3. The monoisotopic (exact) mass is 440 g/mol. The fourth-order valence-corrected chi connectivity index (χ4v) is 3.47. The van der Waals surface area contributed by atoms with E-state index in [4.69, 9.17) is 10.5 Å². The Morgan fingerprint density at radius 3 is 2.75 bits per heavy atom. The van der Waals surface area contributed by atoms with Gasteiger partial charge in [-0.2, -0.15) is 13.9 Å². The highest BCUT2D eigenvalue weighted by Gasteiger charge is 2.18. The van der Waals surface area contributed by atoms with E-state index in [1.807, 2.05) is 19.1 Å². The smallest absolute Gasteiger partial charge is 0.387 e. The predicted octanol–water partition coefficient (Wildman–Crippen LogP) is 3.77. The molecule has 32 heavy (non-hydrogen) atoms. The van der Waals surface area contributed by atoms with Crippen molar-refractivity contribution in [3.63, 3.8) is 0 Å². The summed E-state index contributed by atoms with van der Waals surface area (Å²) in [5.41, 5.74) is 8.89. The number of halogens is 2. The van der Waals surface area contributed by atoms with Crippen LogP contribution in [-0.4, -0.2) is 36.5 Å². The van der Waals surface area contributed by atoms with Gasteiger partial charge in [-0.05, 0) is 30.7 Å². The molecule has 1 atom stereocenters. The largest absolute Gasteiger partial charge is 0.434 e. The molecule has 0 radical (unpaired) electrons. The first-order valence-electron chi connectivity index (χ1n) is 10.1. The molecule has 0 aliphatic rings. The number of aliphatic hydroxyl groups excluding tert-OH is 1. The van der Waals surface area contributed by atoms with E-state index < -0.39 is 6.61 Å². The Morgan fingerprint density at radius 1 is 1.16 bits per heavy atom. The SMILES string of the molecule is CCC[C@H](N)c1cccc(-c2cc(OC(F)F)c3cnn(-c4cncc(CO)n4)c3c2)n1. The van der Waals surface area contributed by atoms with Crippen molar-refractivity contribution in [2.75, 3.05) is 0 Å². The molecule has 0 unspecified atom stereocenters. The third kappa shape index (κ3) is 4.41. The second kappa shape index (κ2) is 9.33. The van der Waals surface area contributed by atoms with Crippen LogP contribution in [0, 0.1) is 0 Å². The molecule has 0 saturated heterocycles. The quantitative estimate of drug-likeness (QED) is 0.429. The zero-order valence-electron chi connectivity index (χ0n) is 17.3. The third-order valence-corrected chi connectivity index (χ3v) is 4.96. The molecule has 1 aromatic carbocycles. The van der Waals surface area contributed by atoms with Gasteiger partial charge in [0.1, 0.15) is 5.75 Å². The summed E-state index contributed by atoms with van der Waals surface area (Å²) in [5, 5.41) is 14.0. The fraction of sp³-hybridized carbons (Fsp3) is 0.273. The minimum atomic E-state index is -3.01. The minimum absolute atomic E-state index is 0.0323. The molecule has 0 spiro atoms. The summed E-state index contributed by atoms with van der Waals surface area (Å²) in [4.78, 5) is 13.0. The van der Waals surface area contributed by atoms with Crippen molar-refractivity contribution >= 4 is 10.9 Å². The van der Waals surface area contributed by atoms with Crippen molar-refractivity contribution in [2.45, 2.75) is 39.0 Å². The molecule has 0 aliphatic heterocycles. The van der Waals surface area contributed by atoms with Crippen LogP contribution in [0.4, 0.5) is 8.78 Å². The van der Waals surface area contributed by atoms with Gasteiger partial charge in [-0.1, -0.05) is 19.4 Å². The molecule has 0 bridgehead atoms. The van der Waals surface area contributed by atoms with Gasteiger partial charge in [0.2, 0.25) is 0 Å². The number of aliphatic hydroxyl groups is 1. The van der Waals surface area contributed by atoms with Crippen LogP contribution in [0.15, 0.2) is 48.9 Å². The minimum Gasteiger partial charge on any atom is -0.434 e. The lowest BCUT2D eigenvalue weighted by atomic mass is 10.1. The molecule has 166 valence electrons. The molecule has 4 rings (SSSR count). The van der Waals surface area contributed by atoms with E-state index in [9.17, 15) is 13.9 Å². The van der Waals surface area contributed by atoms with Crippen molar-refractivity contribution in [3.8, 4) is 22.8 Å². The second-order valence-electron chi connectivity index (χ2n) is 7.21. The number of benzene rings is 1. The van der Waals surface area contributed by atoms with E-state index in [0.717, 1.165) is 18.5 Å². The lowest BCUT2D eigenvalue weighted by Gasteiger charge is -2.13. The van der Waals surface area contributed by atoms with Crippen LogP contribution in [0.25, 0.3) is 28.0 Å². The number of hydrogen-bond donors (Lipinski definition) is 2. The molecule has 0 saturated carbocycles. The normalized spacial score (nSPS) is 12.4. The van der Waals surface area contributed by atoms with Gasteiger partial charge in [0.25, 0.3) is 0 Å². The molecule has 0 amide bonds. The highest BCUT2D eigenvalue weighted by Crippen LogP contribution is 2.34. The maximum Gasteiger partial charge on any atom is 0.387 e. The molecule has 3 N–H and O–H groups in total. The maximum atomic E-state index is 13.1. The van der Waals surface area contributed by atoms with Gasteiger partial charge in [0, 0.05) is 11.6 Å². The zero-order valence-corrected chi connectivity index (χ0v) is 17.3. The van der Waals surface area contributed by atoms with E-state index in [0.29, 0.717) is 33.7 Å². The first-order chi connectivity index (χ1) is 15.5. The van der Waals surface area contributed by atoms with Crippen LogP contribution in [0.1, 0.15) is 37.2 Å². The highest BCUT2D eigenvalue weighted by molar-refractivity contribution is 5.90. The van der Waals surface area contributed by atoms with Crippen molar-refractivity contribution in [2.24, 2.45) is 5.73 Å². The number of nitrogens with two attached hydrogens (primary N) is 1. The molecule has 4 aromatic rings. The van der Waals surface area contributed by atoms with Gasteiger partial charge < -0.3 is 15.6 Å². The van der Waals surface area contributed by atoms with E-state index in [2.05, 4.69) is 20.1 Å².